The van der Waals surface area contributed by atoms with Gasteiger partial charge in [0.15, 0.2) is 0 Å². The fourth-order valence-corrected chi connectivity index (χ4v) is 3.97. The summed E-state index contributed by atoms with van der Waals surface area (Å²) < 4.78 is 1.58. The molecule has 0 saturated carbocycles. The second-order valence-corrected chi connectivity index (χ2v) is 7.20. The number of nitrogens with zero attached hydrogens (tertiary/aromatic N) is 4. The van der Waals surface area contributed by atoms with Crippen LogP contribution < -0.4 is 5.56 Å². The topological polar surface area (TPSA) is 67.6 Å². The number of thiazole rings is 1. The largest absolute Gasteiger partial charge is 0.338 e. The van der Waals surface area contributed by atoms with Crippen molar-refractivity contribution in [1.29, 1.82) is 0 Å². The van der Waals surface area contributed by atoms with Crippen LogP contribution in [0, 0.1) is 6.92 Å². The average Bonchev–Trinajstić information content (AvgIpc) is 2.94. The van der Waals surface area contributed by atoms with E-state index >= 15 is 0 Å². The van der Waals surface area contributed by atoms with E-state index in [0.29, 0.717) is 45.8 Å². The summed E-state index contributed by atoms with van der Waals surface area (Å²) in [5.41, 5.74) is 1.41. The van der Waals surface area contributed by atoms with Crippen LogP contribution in [-0.2, 0) is 6.42 Å². The minimum atomic E-state index is -0.395. The van der Waals surface area contributed by atoms with Gasteiger partial charge in [0, 0.05) is 24.5 Å². The Bertz CT molecular complexity index is 1020. The zero-order chi connectivity index (χ0) is 18.8. The van der Waals surface area contributed by atoms with Gasteiger partial charge in [-0.1, -0.05) is 41.1 Å². The minimum Gasteiger partial charge on any atom is -0.338 e. The molecule has 2 heterocycles. The lowest BCUT2D eigenvalue weighted by atomic mass is 10.1. The Morgan fingerprint density at radius 1 is 1.27 bits per heavy atom. The predicted molar refractivity (Wildman–Crippen MR) is 103 cm³/mol. The number of rotatable bonds is 5. The van der Waals surface area contributed by atoms with E-state index in [1.165, 1.54) is 11.3 Å². The Morgan fingerprint density at radius 2 is 1.96 bits per heavy atom. The van der Waals surface area contributed by atoms with Gasteiger partial charge in [-0.25, -0.2) is 4.52 Å². The number of benzene rings is 1. The molecule has 0 aliphatic rings. The van der Waals surface area contributed by atoms with Crippen molar-refractivity contribution in [2.75, 3.05) is 13.1 Å². The van der Waals surface area contributed by atoms with Gasteiger partial charge in [0.1, 0.15) is 10.6 Å². The number of amides is 1. The van der Waals surface area contributed by atoms with Crippen LogP contribution in [0.4, 0.5) is 0 Å². The highest BCUT2D eigenvalue weighted by atomic mass is 35.5. The molecular weight excluding hydrogens is 372 g/mol. The Morgan fingerprint density at radius 3 is 2.62 bits per heavy atom. The number of fused-ring (bicyclic) bond motifs is 1. The van der Waals surface area contributed by atoms with Crippen molar-refractivity contribution in [2.24, 2.45) is 0 Å². The van der Waals surface area contributed by atoms with Crippen LogP contribution >= 0.6 is 22.9 Å². The summed E-state index contributed by atoms with van der Waals surface area (Å²) in [7, 11) is 0. The molecule has 0 atom stereocenters. The quantitative estimate of drug-likeness (QED) is 0.671. The molecular formula is C18H19ClN4O2S. The number of aromatic nitrogens is 3. The van der Waals surface area contributed by atoms with Crippen molar-refractivity contribution >= 4 is 33.8 Å². The molecule has 0 fully saturated rings. The van der Waals surface area contributed by atoms with E-state index < -0.39 is 5.56 Å². The summed E-state index contributed by atoms with van der Waals surface area (Å²) in [6, 6.07) is 7.33. The first-order chi connectivity index (χ1) is 12.5. The van der Waals surface area contributed by atoms with Crippen molar-refractivity contribution in [3.63, 3.8) is 0 Å². The fourth-order valence-electron chi connectivity index (χ4n) is 2.74. The molecule has 1 aromatic carbocycles. The van der Waals surface area contributed by atoms with Crippen LogP contribution in [0.1, 0.15) is 40.5 Å². The SMILES string of the molecule is CCN(CC)C(=O)c1sc2nc(=O)c(Cc3ccccc3Cl)nn2c1C. The Balaban J connectivity index is 2.05. The lowest BCUT2D eigenvalue weighted by Gasteiger charge is -2.17. The summed E-state index contributed by atoms with van der Waals surface area (Å²) in [4.78, 5) is 31.9. The van der Waals surface area contributed by atoms with E-state index in [9.17, 15) is 9.59 Å². The molecule has 0 spiro atoms. The zero-order valence-corrected chi connectivity index (χ0v) is 16.4. The van der Waals surface area contributed by atoms with E-state index in [1.54, 1.807) is 15.5 Å². The Labute approximate surface area is 160 Å². The third-order valence-electron chi connectivity index (χ3n) is 4.25. The number of carbonyl (C=O) groups excluding carboxylic acids is 1. The zero-order valence-electron chi connectivity index (χ0n) is 14.8. The lowest BCUT2D eigenvalue weighted by Crippen LogP contribution is -2.30. The highest BCUT2D eigenvalue weighted by molar-refractivity contribution is 7.19. The number of halogens is 1. The predicted octanol–water partition coefficient (Wildman–Crippen LogP) is 3.19. The standard InChI is InChI=1S/C18H19ClN4O2S/c1-4-22(5-2)17(25)15-11(3)23-18(26-15)20-16(24)14(21-23)10-12-8-6-7-9-13(12)19/h6-9H,4-5,10H2,1-3H3. The second kappa shape index (κ2) is 7.55. The second-order valence-electron chi connectivity index (χ2n) is 5.82. The first kappa shape index (κ1) is 18.5. The molecule has 0 radical (unpaired) electrons. The van der Waals surface area contributed by atoms with Gasteiger partial charge in [-0.2, -0.15) is 10.1 Å². The molecule has 0 N–H and O–H groups in total. The molecule has 6 nitrogen and oxygen atoms in total. The third kappa shape index (κ3) is 3.37. The summed E-state index contributed by atoms with van der Waals surface area (Å²) in [5.74, 6) is -0.0649. The first-order valence-corrected chi connectivity index (χ1v) is 9.57. The maximum Gasteiger partial charge on any atom is 0.296 e. The lowest BCUT2D eigenvalue weighted by molar-refractivity contribution is 0.0776. The van der Waals surface area contributed by atoms with Crippen molar-refractivity contribution < 1.29 is 4.79 Å². The van der Waals surface area contributed by atoms with Crippen molar-refractivity contribution in [3.05, 3.63) is 61.5 Å². The van der Waals surface area contributed by atoms with Crippen LogP contribution in [0.5, 0.6) is 0 Å². The molecule has 136 valence electrons. The van der Waals surface area contributed by atoms with Crippen molar-refractivity contribution in [1.82, 2.24) is 19.5 Å². The van der Waals surface area contributed by atoms with Gasteiger partial charge >= 0.3 is 0 Å². The summed E-state index contributed by atoms with van der Waals surface area (Å²) >= 11 is 7.38. The van der Waals surface area contributed by atoms with Gasteiger partial charge in [0.25, 0.3) is 11.5 Å². The molecule has 0 saturated heterocycles. The van der Waals surface area contributed by atoms with E-state index in [1.807, 2.05) is 39.0 Å². The van der Waals surface area contributed by atoms with Crippen LogP contribution in [0.15, 0.2) is 29.1 Å². The number of hydrogen-bond acceptors (Lipinski definition) is 5. The van der Waals surface area contributed by atoms with Crippen molar-refractivity contribution in [2.45, 2.75) is 27.2 Å². The van der Waals surface area contributed by atoms with Gasteiger partial charge in [0.2, 0.25) is 4.96 Å². The molecule has 3 aromatic rings. The van der Waals surface area contributed by atoms with Gasteiger partial charge in [-0.15, -0.1) is 0 Å². The smallest absolute Gasteiger partial charge is 0.296 e. The summed E-state index contributed by atoms with van der Waals surface area (Å²) in [5, 5.41) is 5.03. The molecule has 1 amide bonds. The van der Waals surface area contributed by atoms with Gasteiger partial charge in [-0.3, -0.25) is 9.59 Å². The molecule has 0 aliphatic heterocycles. The maximum atomic E-state index is 12.7. The van der Waals surface area contributed by atoms with E-state index in [2.05, 4.69) is 10.1 Å². The molecule has 26 heavy (non-hydrogen) atoms. The van der Waals surface area contributed by atoms with Crippen LogP contribution in [0.2, 0.25) is 5.02 Å². The van der Waals surface area contributed by atoms with Crippen LogP contribution in [-0.4, -0.2) is 38.5 Å². The molecule has 0 bridgehead atoms. The summed E-state index contributed by atoms with van der Waals surface area (Å²) in [6.45, 7) is 6.94. The molecule has 3 rings (SSSR count). The Kier molecular flexibility index (Phi) is 5.38. The fraction of sp³-hybridized carbons (Fsp3) is 0.333. The Hall–Kier alpha value is -2.25. The van der Waals surface area contributed by atoms with Crippen LogP contribution in [0.3, 0.4) is 0 Å². The van der Waals surface area contributed by atoms with Crippen LogP contribution in [0.25, 0.3) is 4.96 Å². The minimum absolute atomic E-state index is 0.0649. The van der Waals surface area contributed by atoms with Gasteiger partial charge in [-0.05, 0) is 32.4 Å². The normalized spacial score (nSPS) is 11.1. The van der Waals surface area contributed by atoms with E-state index in [4.69, 9.17) is 11.6 Å². The van der Waals surface area contributed by atoms with Gasteiger partial charge < -0.3 is 4.90 Å². The molecule has 0 unspecified atom stereocenters. The monoisotopic (exact) mass is 390 g/mol. The molecule has 2 aromatic heterocycles. The molecule has 0 aliphatic carbocycles. The maximum absolute atomic E-state index is 12.7. The number of hydrogen-bond donors (Lipinski definition) is 0. The molecule has 8 heteroatoms. The number of aryl methyl sites for hydroxylation is 1. The highest BCUT2D eigenvalue weighted by Gasteiger charge is 2.22. The van der Waals surface area contributed by atoms with E-state index in [-0.39, 0.29) is 5.91 Å². The van der Waals surface area contributed by atoms with Gasteiger partial charge in [0.05, 0.1) is 5.69 Å². The highest BCUT2D eigenvalue weighted by Crippen LogP contribution is 2.22. The number of carbonyl (C=O) groups is 1. The first-order valence-electron chi connectivity index (χ1n) is 8.38. The van der Waals surface area contributed by atoms with E-state index in [0.717, 1.165) is 5.56 Å². The van der Waals surface area contributed by atoms with Crippen molar-refractivity contribution in [3.8, 4) is 0 Å². The average molecular weight is 391 g/mol. The summed E-state index contributed by atoms with van der Waals surface area (Å²) in [6.07, 6.45) is 0.295. The third-order valence-corrected chi connectivity index (χ3v) is 5.74.